The second-order valence-corrected chi connectivity index (χ2v) is 10.1. The minimum atomic E-state index is -3.64. The highest BCUT2D eigenvalue weighted by molar-refractivity contribution is 7.89. The van der Waals surface area contributed by atoms with Crippen LogP contribution in [0.15, 0.2) is 77.7 Å². The highest BCUT2D eigenvalue weighted by Crippen LogP contribution is 2.41. The van der Waals surface area contributed by atoms with E-state index in [2.05, 4.69) is 6.07 Å². The zero-order chi connectivity index (χ0) is 21.8. The maximum absolute atomic E-state index is 14.2. The Morgan fingerprint density at radius 2 is 1.61 bits per heavy atom. The molecular weight excluding hydrogens is 409 g/mol. The molecule has 156 valence electrons. The molecule has 1 aliphatic rings. The fourth-order valence-electron chi connectivity index (χ4n) is 4.37. The molecule has 5 rings (SSSR count). The summed E-state index contributed by atoms with van der Waals surface area (Å²) < 4.78 is 42.3. The maximum Gasteiger partial charge on any atom is 0.243 e. The fraction of sp³-hybridized carbons (Fsp3) is 0.154. The third-order valence-corrected chi connectivity index (χ3v) is 7.76. The first kappa shape index (κ1) is 19.9. The third kappa shape index (κ3) is 3.44. The van der Waals surface area contributed by atoms with E-state index in [1.807, 2.05) is 50.2 Å². The van der Waals surface area contributed by atoms with Crippen molar-refractivity contribution in [2.24, 2.45) is 0 Å². The predicted octanol–water partition coefficient (Wildman–Crippen LogP) is 5.97. The normalized spacial score (nSPS) is 14.2. The van der Waals surface area contributed by atoms with Gasteiger partial charge in [-0.15, -0.1) is 0 Å². The lowest BCUT2D eigenvalue weighted by molar-refractivity contribution is 0.432. The van der Waals surface area contributed by atoms with Gasteiger partial charge in [0.05, 0.1) is 4.90 Å². The molecule has 1 heterocycles. The van der Waals surface area contributed by atoms with E-state index in [0.717, 1.165) is 44.2 Å². The number of rotatable bonds is 3. The minimum absolute atomic E-state index is 0.265. The lowest BCUT2D eigenvalue weighted by Gasteiger charge is -2.16. The molecule has 0 saturated heterocycles. The first-order valence-electron chi connectivity index (χ1n) is 10.2. The van der Waals surface area contributed by atoms with Crippen molar-refractivity contribution in [2.45, 2.75) is 31.8 Å². The van der Waals surface area contributed by atoms with Gasteiger partial charge in [0.1, 0.15) is 5.82 Å². The average Bonchev–Trinajstić information content (AvgIpc) is 3.17. The van der Waals surface area contributed by atoms with Gasteiger partial charge in [0.15, 0.2) is 0 Å². The van der Waals surface area contributed by atoms with E-state index in [4.69, 9.17) is 0 Å². The van der Waals surface area contributed by atoms with Crippen molar-refractivity contribution in [2.75, 3.05) is 0 Å². The molecule has 0 unspecified atom stereocenters. The van der Waals surface area contributed by atoms with Crippen LogP contribution in [0.2, 0.25) is 0 Å². The SMILES string of the molecule is Cc1ccc(S(=O)(=O)N2Cc3cc4ccc(F)cc4c(-c4cccc(C)c4)c3C2)cc1. The zero-order valence-electron chi connectivity index (χ0n) is 17.4. The molecule has 0 fully saturated rings. The smallest absolute Gasteiger partial charge is 0.207 e. The number of hydrogen-bond donors (Lipinski definition) is 0. The van der Waals surface area contributed by atoms with Gasteiger partial charge in [-0.1, -0.05) is 53.6 Å². The molecule has 0 spiro atoms. The molecule has 0 radical (unpaired) electrons. The first-order valence-corrected chi connectivity index (χ1v) is 11.6. The summed E-state index contributed by atoms with van der Waals surface area (Å²) in [6, 6.07) is 21.7. The second-order valence-electron chi connectivity index (χ2n) is 8.21. The van der Waals surface area contributed by atoms with E-state index in [9.17, 15) is 12.8 Å². The highest BCUT2D eigenvalue weighted by atomic mass is 32.2. The van der Waals surface area contributed by atoms with Crippen LogP contribution in [0.25, 0.3) is 21.9 Å². The number of sulfonamides is 1. The molecule has 1 aliphatic heterocycles. The molecule has 0 amide bonds. The van der Waals surface area contributed by atoms with Crippen LogP contribution in [-0.4, -0.2) is 12.7 Å². The van der Waals surface area contributed by atoms with Crippen LogP contribution < -0.4 is 0 Å². The van der Waals surface area contributed by atoms with Gasteiger partial charge in [-0.3, -0.25) is 0 Å². The maximum atomic E-state index is 14.2. The van der Waals surface area contributed by atoms with Crippen LogP contribution in [-0.2, 0) is 23.1 Å². The summed E-state index contributed by atoms with van der Waals surface area (Å²) in [6.07, 6.45) is 0. The van der Waals surface area contributed by atoms with Gasteiger partial charge < -0.3 is 0 Å². The molecule has 0 aromatic heterocycles. The van der Waals surface area contributed by atoms with Gasteiger partial charge in [0.25, 0.3) is 0 Å². The van der Waals surface area contributed by atoms with E-state index in [-0.39, 0.29) is 12.4 Å². The summed E-state index contributed by atoms with van der Waals surface area (Å²) >= 11 is 0. The predicted molar refractivity (Wildman–Crippen MR) is 122 cm³/mol. The van der Waals surface area contributed by atoms with Crippen molar-refractivity contribution >= 4 is 20.8 Å². The fourth-order valence-corrected chi connectivity index (χ4v) is 5.76. The molecule has 4 aromatic rings. The number of halogens is 1. The Labute approximate surface area is 181 Å². The Kier molecular flexibility index (Phi) is 4.68. The quantitative estimate of drug-likeness (QED) is 0.401. The number of benzene rings is 4. The number of aryl methyl sites for hydroxylation is 2. The third-order valence-electron chi connectivity index (χ3n) is 5.95. The Morgan fingerprint density at radius 1 is 0.839 bits per heavy atom. The van der Waals surface area contributed by atoms with E-state index in [1.54, 1.807) is 24.3 Å². The number of hydrogen-bond acceptors (Lipinski definition) is 2. The molecule has 0 bridgehead atoms. The van der Waals surface area contributed by atoms with Gasteiger partial charge in [-0.25, -0.2) is 12.8 Å². The molecule has 0 aliphatic carbocycles. The monoisotopic (exact) mass is 431 g/mol. The largest absolute Gasteiger partial charge is 0.243 e. The van der Waals surface area contributed by atoms with Gasteiger partial charge in [-0.2, -0.15) is 4.31 Å². The van der Waals surface area contributed by atoms with Gasteiger partial charge in [0.2, 0.25) is 10.0 Å². The summed E-state index contributed by atoms with van der Waals surface area (Å²) in [5, 5.41) is 1.71. The molecule has 0 N–H and O–H groups in total. The van der Waals surface area contributed by atoms with Crippen molar-refractivity contribution in [3.8, 4) is 11.1 Å². The Morgan fingerprint density at radius 3 is 2.35 bits per heavy atom. The van der Waals surface area contributed by atoms with Crippen LogP contribution in [0.1, 0.15) is 22.3 Å². The van der Waals surface area contributed by atoms with Gasteiger partial charge >= 0.3 is 0 Å². The lowest BCUT2D eigenvalue weighted by atomic mass is 9.90. The standard InChI is InChI=1S/C26H22FNO2S/c1-17-6-10-23(11-7-17)31(29,30)28-15-21-13-19-8-9-22(27)14-24(19)26(25(21)16-28)20-5-3-4-18(2)12-20/h3-14H,15-16H2,1-2H3. The van der Waals surface area contributed by atoms with Gasteiger partial charge in [-0.05, 0) is 77.2 Å². The van der Waals surface area contributed by atoms with Crippen LogP contribution in [0.5, 0.6) is 0 Å². The molecule has 3 nitrogen and oxygen atoms in total. The number of nitrogens with zero attached hydrogens (tertiary/aromatic N) is 1. The van der Waals surface area contributed by atoms with Crippen molar-refractivity contribution < 1.29 is 12.8 Å². The summed E-state index contributed by atoms with van der Waals surface area (Å²) in [6.45, 7) is 4.52. The molecule has 0 atom stereocenters. The lowest BCUT2D eigenvalue weighted by Crippen LogP contribution is -2.25. The van der Waals surface area contributed by atoms with E-state index < -0.39 is 10.0 Å². The van der Waals surface area contributed by atoms with Crippen molar-refractivity contribution in [1.82, 2.24) is 4.31 Å². The second kappa shape index (κ2) is 7.29. The van der Waals surface area contributed by atoms with Crippen LogP contribution in [0.4, 0.5) is 4.39 Å². The van der Waals surface area contributed by atoms with Crippen LogP contribution in [0, 0.1) is 19.7 Å². The molecule has 5 heteroatoms. The summed E-state index contributed by atoms with van der Waals surface area (Å²) in [5.74, 6) is -0.302. The Hall–Kier alpha value is -3.02. The average molecular weight is 432 g/mol. The van der Waals surface area contributed by atoms with Crippen LogP contribution in [0.3, 0.4) is 0 Å². The number of fused-ring (bicyclic) bond motifs is 2. The van der Waals surface area contributed by atoms with E-state index in [0.29, 0.717) is 11.4 Å². The summed E-state index contributed by atoms with van der Waals surface area (Å²) in [5.41, 5.74) is 5.91. The van der Waals surface area contributed by atoms with Gasteiger partial charge in [0, 0.05) is 13.1 Å². The summed E-state index contributed by atoms with van der Waals surface area (Å²) in [7, 11) is -3.64. The topological polar surface area (TPSA) is 37.4 Å². The van der Waals surface area contributed by atoms with Crippen molar-refractivity contribution in [3.05, 3.63) is 101 Å². The molecule has 31 heavy (non-hydrogen) atoms. The molecule has 4 aromatic carbocycles. The van der Waals surface area contributed by atoms with E-state index >= 15 is 0 Å². The molecule has 0 saturated carbocycles. The summed E-state index contributed by atoms with van der Waals surface area (Å²) in [4.78, 5) is 0.290. The van der Waals surface area contributed by atoms with Crippen molar-refractivity contribution in [3.63, 3.8) is 0 Å². The minimum Gasteiger partial charge on any atom is -0.207 e. The van der Waals surface area contributed by atoms with E-state index in [1.165, 1.54) is 10.4 Å². The van der Waals surface area contributed by atoms with Crippen LogP contribution >= 0.6 is 0 Å². The van der Waals surface area contributed by atoms with Crippen molar-refractivity contribution in [1.29, 1.82) is 0 Å². The highest BCUT2D eigenvalue weighted by Gasteiger charge is 2.33. The Balaban J connectivity index is 1.68. The first-order chi connectivity index (χ1) is 14.8. The Bertz CT molecular complexity index is 1430. The molecular formula is C26H22FNO2S. The zero-order valence-corrected chi connectivity index (χ0v) is 18.2.